The molecule has 1 rings (SSSR count). The highest BCUT2D eigenvalue weighted by molar-refractivity contribution is 5.84. The number of carbonyl (C=O) groups is 1. The van der Waals surface area contributed by atoms with E-state index in [9.17, 15) is 4.79 Å². The summed E-state index contributed by atoms with van der Waals surface area (Å²) in [6.45, 7) is 8.40. The largest absolute Gasteiger partial charge is 0.479 e. The summed E-state index contributed by atoms with van der Waals surface area (Å²) in [4.78, 5) is 13.7. The van der Waals surface area contributed by atoms with Crippen LogP contribution < -0.4 is 0 Å². The molecule has 0 unspecified atom stereocenters. The van der Waals surface area contributed by atoms with E-state index in [1.165, 1.54) is 6.92 Å². The van der Waals surface area contributed by atoms with Crippen LogP contribution in [-0.4, -0.2) is 30.1 Å². The zero-order valence-corrected chi connectivity index (χ0v) is 8.75. The number of hydrogen-bond donors (Lipinski definition) is 1. The molecule has 1 heterocycles. The molecule has 0 aromatic heterocycles. The van der Waals surface area contributed by atoms with Gasteiger partial charge in [-0.05, 0) is 13.3 Å². The molecule has 1 aliphatic rings. The second kappa shape index (κ2) is 7.12. The van der Waals surface area contributed by atoms with Gasteiger partial charge in [0.2, 0.25) is 0 Å². The van der Waals surface area contributed by atoms with Crippen LogP contribution in [0.4, 0.5) is 0 Å². The molecule has 0 aromatic rings. The molecule has 0 aliphatic carbocycles. The van der Waals surface area contributed by atoms with Gasteiger partial charge in [-0.2, -0.15) is 0 Å². The minimum Gasteiger partial charge on any atom is -0.479 e. The maximum absolute atomic E-state index is 9.60. The summed E-state index contributed by atoms with van der Waals surface area (Å²) < 4.78 is 5.14. The van der Waals surface area contributed by atoms with E-state index < -0.39 is 5.97 Å². The summed E-state index contributed by atoms with van der Waals surface area (Å²) in [6.07, 6.45) is 2.15. The van der Waals surface area contributed by atoms with E-state index in [1.54, 1.807) is 0 Å². The molecule has 0 amide bonds. The van der Waals surface area contributed by atoms with Crippen molar-refractivity contribution in [2.45, 2.75) is 26.7 Å². The summed E-state index contributed by atoms with van der Waals surface area (Å²) in [5.74, 6) is 0.0162. The molecular weight excluding hydrogens is 182 g/mol. The van der Waals surface area contributed by atoms with Gasteiger partial charge in [0.05, 0.1) is 6.54 Å². The van der Waals surface area contributed by atoms with Crippen LogP contribution in [0, 0.1) is 0 Å². The van der Waals surface area contributed by atoms with Gasteiger partial charge in [0.1, 0.15) is 6.61 Å². The fourth-order valence-corrected chi connectivity index (χ4v) is 0.745. The maximum atomic E-state index is 9.60. The van der Waals surface area contributed by atoms with Gasteiger partial charge < -0.3 is 9.84 Å². The number of rotatable bonds is 3. The Morgan fingerprint density at radius 1 is 1.71 bits per heavy atom. The highest BCUT2D eigenvalue weighted by Crippen LogP contribution is 1.99. The minimum absolute atomic E-state index is 0.176. The zero-order valence-electron chi connectivity index (χ0n) is 8.75. The second-order valence-corrected chi connectivity index (χ2v) is 2.96. The lowest BCUT2D eigenvalue weighted by Crippen LogP contribution is -1.96. The first-order valence-corrected chi connectivity index (χ1v) is 4.62. The van der Waals surface area contributed by atoms with Gasteiger partial charge in [-0.1, -0.05) is 13.5 Å². The molecule has 0 spiro atoms. The quantitative estimate of drug-likeness (QED) is 0.706. The Morgan fingerprint density at radius 3 is 2.57 bits per heavy atom. The normalized spacial score (nSPS) is 13.4. The fraction of sp³-hybridized carbons (Fsp3) is 0.600. The second-order valence-electron chi connectivity index (χ2n) is 2.96. The van der Waals surface area contributed by atoms with Gasteiger partial charge in [0, 0.05) is 12.0 Å². The topological polar surface area (TPSA) is 58.9 Å². The van der Waals surface area contributed by atoms with E-state index in [0.717, 1.165) is 31.9 Å². The number of aliphatic imine (C=N–C) groups is 1. The van der Waals surface area contributed by atoms with Crippen LogP contribution in [0.2, 0.25) is 0 Å². The number of carboxylic acid groups (broad SMARTS) is 1. The van der Waals surface area contributed by atoms with Crippen molar-refractivity contribution < 1.29 is 14.6 Å². The summed E-state index contributed by atoms with van der Waals surface area (Å²) >= 11 is 0. The third-order valence-electron chi connectivity index (χ3n) is 1.48. The molecule has 0 bridgehead atoms. The third-order valence-corrected chi connectivity index (χ3v) is 1.48. The van der Waals surface area contributed by atoms with Gasteiger partial charge in [-0.25, -0.2) is 4.79 Å². The predicted octanol–water partition coefficient (Wildman–Crippen LogP) is 1.86. The van der Waals surface area contributed by atoms with Crippen molar-refractivity contribution in [1.82, 2.24) is 0 Å². The smallest absolute Gasteiger partial charge is 0.330 e. The van der Waals surface area contributed by atoms with Crippen molar-refractivity contribution in [3.63, 3.8) is 0 Å². The van der Waals surface area contributed by atoms with E-state index in [2.05, 4.69) is 18.5 Å². The number of carboxylic acids is 1. The molecule has 4 heteroatoms. The SMILES string of the molecule is C=C(C)C(=O)O.CCCC1=NCCO1. The van der Waals surface area contributed by atoms with E-state index >= 15 is 0 Å². The molecule has 4 nitrogen and oxygen atoms in total. The summed E-state index contributed by atoms with van der Waals surface area (Å²) in [5.41, 5.74) is 0.176. The van der Waals surface area contributed by atoms with Gasteiger partial charge >= 0.3 is 5.97 Å². The first-order chi connectivity index (χ1) is 6.57. The van der Waals surface area contributed by atoms with Crippen molar-refractivity contribution >= 4 is 11.9 Å². The lowest BCUT2D eigenvalue weighted by Gasteiger charge is -1.95. The number of ether oxygens (including phenoxy) is 1. The van der Waals surface area contributed by atoms with Crippen molar-refractivity contribution in [1.29, 1.82) is 0 Å². The zero-order chi connectivity index (χ0) is 11.0. The molecule has 14 heavy (non-hydrogen) atoms. The average molecular weight is 199 g/mol. The lowest BCUT2D eigenvalue weighted by atomic mass is 10.3. The molecule has 1 aliphatic heterocycles. The summed E-state index contributed by atoms with van der Waals surface area (Å²) in [7, 11) is 0. The molecule has 0 fully saturated rings. The van der Waals surface area contributed by atoms with E-state index in [4.69, 9.17) is 9.84 Å². The Bertz CT molecular complexity index is 222. The Labute approximate surface area is 84.3 Å². The first kappa shape index (κ1) is 12.7. The average Bonchev–Trinajstić information content (AvgIpc) is 2.58. The Balaban J connectivity index is 0.000000255. The van der Waals surface area contributed by atoms with Gasteiger partial charge in [0.25, 0.3) is 0 Å². The van der Waals surface area contributed by atoms with Crippen molar-refractivity contribution in [2.75, 3.05) is 13.2 Å². The van der Waals surface area contributed by atoms with Crippen LogP contribution in [0.3, 0.4) is 0 Å². The highest BCUT2D eigenvalue weighted by Gasteiger charge is 2.03. The molecule has 0 atom stereocenters. The number of aliphatic carboxylic acids is 1. The van der Waals surface area contributed by atoms with Gasteiger partial charge in [-0.3, -0.25) is 4.99 Å². The number of hydrogen-bond acceptors (Lipinski definition) is 3. The highest BCUT2D eigenvalue weighted by atomic mass is 16.5. The van der Waals surface area contributed by atoms with Crippen LogP contribution >= 0.6 is 0 Å². The first-order valence-electron chi connectivity index (χ1n) is 4.62. The fourth-order valence-electron chi connectivity index (χ4n) is 0.745. The van der Waals surface area contributed by atoms with Crippen molar-refractivity contribution in [3.05, 3.63) is 12.2 Å². The van der Waals surface area contributed by atoms with Crippen LogP contribution in [0.15, 0.2) is 17.1 Å². The van der Waals surface area contributed by atoms with Crippen LogP contribution in [0.25, 0.3) is 0 Å². The van der Waals surface area contributed by atoms with E-state index in [1.807, 2.05) is 0 Å². The lowest BCUT2D eigenvalue weighted by molar-refractivity contribution is -0.132. The monoisotopic (exact) mass is 199 g/mol. The molecule has 0 saturated carbocycles. The molecule has 0 radical (unpaired) electrons. The molecule has 80 valence electrons. The summed E-state index contributed by atoms with van der Waals surface area (Å²) in [6, 6.07) is 0. The molecule has 0 saturated heterocycles. The van der Waals surface area contributed by atoms with E-state index in [-0.39, 0.29) is 5.57 Å². The molecule has 0 aromatic carbocycles. The Morgan fingerprint density at radius 2 is 2.29 bits per heavy atom. The van der Waals surface area contributed by atoms with Crippen molar-refractivity contribution in [3.8, 4) is 0 Å². The summed E-state index contributed by atoms with van der Waals surface area (Å²) in [5, 5.41) is 7.89. The Hall–Kier alpha value is -1.32. The number of nitrogens with zero attached hydrogens (tertiary/aromatic N) is 1. The van der Waals surface area contributed by atoms with Crippen LogP contribution in [-0.2, 0) is 9.53 Å². The standard InChI is InChI=1S/C6H11NO.C4H6O2/c1-2-3-6-7-4-5-8-6;1-3(2)4(5)6/h2-5H2,1H3;1H2,2H3,(H,5,6). The maximum Gasteiger partial charge on any atom is 0.330 e. The van der Waals surface area contributed by atoms with Crippen LogP contribution in [0.5, 0.6) is 0 Å². The molecule has 1 N–H and O–H groups in total. The van der Waals surface area contributed by atoms with Gasteiger partial charge in [0.15, 0.2) is 5.90 Å². The molecular formula is C10H17NO3. The van der Waals surface area contributed by atoms with E-state index in [0.29, 0.717) is 0 Å². The van der Waals surface area contributed by atoms with Crippen LogP contribution in [0.1, 0.15) is 26.7 Å². The minimum atomic E-state index is -0.935. The van der Waals surface area contributed by atoms with Gasteiger partial charge in [-0.15, -0.1) is 0 Å². The third kappa shape index (κ3) is 6.22. The Kier molecular flexibility index (Phi) is 6.45. The predicted molar refractivity (Wildman–Crippen MR) is 55.6 cm³/mol. The van der Waals surface area contributed by atoms with Crippen molar-refractivity contribution in [2.24, 2.45) is 4.99 Å².